The number of aromatic nitrogens is 3. The fourth-order valence-electron chi connectivity index (χ4n) is 5.35. The van der Waals surface area contributed by atoms with E-state index >= 15 is 0 Å². The number of nitrogens with zero attached hydrogens (tertiary/aromatic N) is 5. The molecule has 11 nitrogen and oxygen atoms in total. The van der Waals surface area contributed by atoms with E-state index < -0.39 is 32.6 Å². The fourth-order valence-corrected chi connectivity index (χ4v) is 8.07. The molecule has 5 aromatic rings. The number of sulfonamides is 1. The van der Waals surface area contributed by atoms with Crippen LogP contribution in [0.25, 0.3) is 11.1 Å². The maximum absolute atomic E-state index is 13.9. The minimum Gasteiger partial charge on any atom is -0.506 e. The van der Waals surface area contributed by atoms with Crippen LogP contribution in [0, 0.1) is 0 Å². The molecular formula is C34H32F3N7O4S3. The van der Waals surface area contributed by atoms with Gasteiger partial charge in [-0.15, -0.1) is 33.3 Å². The van der Waals surface area contributed by atoms with E-state index in [0.29, 0.717) is 30.7 Å². The second-order valence-electron chi connectivity index (χ2n) is 11.5. The lowest BCUT2D eigenvalue weighted by atomic mass is 10.1. The largest absolute Gasteiger partial charge is 0.506 e. The van der Waals surface area contributed by atoms with E-state index in [1.807, 2.05) is 40.6 Å². The first-order chi connectivity index (χ1) is 24.4. The zero-order chi connectivity index (χ0) is 36.0. The second-order valence-corrected chi connectivity index (χ2v) is 15.3. The summed E-state index contributed by atoms with van der Waals surface area (Å²) < 4.78 is 69.6. The van der Waals surface area contributed by atoms with Crippen LogP contribution in [0.4, 0.5) is 24.7 Å². The van der Waals surface area contributed by atoms with E-state index in [0.717, 1.165) is 47.8 Å². The average molecular weight is 756 g/mol. The smallest absolute Gasteiger partial charge is 0.418 e. The molecule has 1 amide bonds. The van der Waals surface area contributed by atoms with Gasteiger partial charge in [0.2, 0.25) is 0 Å². The fraction of sp³-hybridized carbons (Fsp3) is 0.235. The third kappa shape index (κ3) is 9.35. The second kappa shape index (κ2) is 15.7. The molecule has 0 saturated carbocycles. The summed E-state index contributed by atoms with van der Waals surface area (Å²) in [6, 6.07) is 18.6. The SMILES string of the molecule is O=C(NS(=O)(=O)c1ccc(NCCSc2ccccc2)c(C(F)(F)F)c1)c1ccc(N2CCN(Cc3cc(-c4cncc(O)c4)cs3)CC2)nn1. The van der Waals surface area contributed by atoms with Gasteiger partial charge in [0, 0.05) is 72.2 Å². The number of thioether (sulfide) groups is 1. The van der Waals surface area contributed by atoms with Gasteiger partial charge in [-0.3, -0.25) is 14.7 Å². The number of thiophene rings is 1. The van der Waals surface area contributed by atoms with Crippen LogP contribution in [0.1, 0.15) is 20.9 Å². The predicted molar refractivity (Wildman–Crippen MR) is 190 cm³/mol. The van der Waals surface area contributed by atoms with Crippen LogP contribution in [0.15, 0.2) is 100 Å². The van der Waals surface area contributed by atoms with Gasteiger partial charge >= 0.3 is 6.18 Å². The summed E-state index contributed by atoms with van der Waals surface area (Å²) in [6.07, 6.45) is -1.76. The summed E-state index contributed by atoms with van der Waals surface area (Å²) in [7, 11) is -4.68. The molecule has 0 unspecified atom stereocenters. The first kappa shape index (κ1) is 36.1. The molecule has 0 spiro atoms. The number of hydrogen-bond donors (Lipinski definition) is 3. The van der Waals surface area contributed by atoms with E-state index in [2.05, 4.69) is 31.5 Å². The van der Waals surface area contributed by atoms with Gasteiger partial charge < -0.3 is 15.3 Å². The van der Waals surface area contributed by atoms with Crippen molar-refractivity contribution in [1.29, 1.82) is 0 Å². The topological polar surface area (TPSA) is 141 Å². The van der Waals surface area contributed by atoms with E-state index in [1.165, 1.54) is 28.9 Å². The maximum atomic E-state index is 13.9. The number of pyridine rings is 1. The Morgan fingerprint density at radius 1 is 0.941 bits per heavy atom. The van der Waals surface area contributed by atoms with E-state index in [9.17, 15) is 31.5 Å². The van der Waals surface area contributed by atoms with Crippen molar-refractivity contribution < 1.29 is 31.5 Å². The number of carbonyl (C=O) groups is 1. The quantitative estimate of drug-likeness (QED) is 0.103. The van der Waals surface area contributed by atoms with Crippen LogP contribution in [0.2, 0.25) is 0 Å². The Kier molecular flexibility index (Phi) is 11.1. The number of alkyl halides is 3. The highest BCUT2D eigenvalue weighted by molar-refractivity contribution is 7.99. The van der Waals surface area contributed by atoms with Gasteiger partial charge in [-0.25, -0.2) is 13.1 Å². The molecule has 0 atom stereocenters. The van der Waals surface area contributed by atoms with E-state index in [-0.39, 0.29) is 23.7 Å². The van der Waals surface area contributed by atoms with Gasteiger partial charge in [0.1, 0.15) is 5.75 Å². The van der Waals surface area contributed by atoms with Crippen molar-refractivity contribution in [2.24, 2.45) is 0 Å². The Labute approximate surface area is 300 Å². The van der Waals surface area contributed by atoms with Gasteiger partial charge in [0.05, 0.1) is 16.7 Å². The molecule has 6 rings (SSSR count). The zero-order valence-corrected chi connectivity index (χ0v) is 29.3. The van der Waals surface area contributed by atoms with E-state index in [4.69, 9.17) is 0 Å². The summed E-state index contributed by atoms with van der Waals surface area (Å²) in [6.45, 7) is 3.71. The van der Waals surface area contributed by atoms with Crippen LogP contribution in [-0.4, -0.2) is 78.0 Å². The highest BCUT2D eigenvalue weighted by Crippen LogP contribution is 2.36. The van der Waals surface area contributed by atoms with Gasteiger partial charge in [0.15, 0.2) is 11.5 Å². The van der Waals surface area contributed by atoms with Gasteiger partial charge in [-0.1, -0.05) is 18.2 Å². The molecule has 0 radical (unpaired) electrons. The third-order valence-electron chi connectivity index (χ3n) is 7.93. The highest BCUT2D eigenvalue weighted by atomic mass is 32.2. The summed E-state index contributed by atoms with van der Waals surface area (Å²) in [5, 5.41) is 22.5. The monoisotopic (exact) mass is 755 g/mol. The molecule has 3 N–H and O–H groups in total. The van der Waals surface area contributed by atoms with Crippen molar-refractivity contribution in [3.63, 3.8) is 0 Å². The Morgan fingerprint density at radius 2 is 1.73 bits per heavy atom. The number of amides is 1. The number of anilines is 2. The number of hydrogen-bond acceptors (Lipinski definition) is 12. The van der Waals surface area contributed by atoms with Crippen molar-refractivity contribution in [3.8, 4) is 16.9 Å². The number of piperazine rings is 1. The van der Waals surface area contributed by atoms with Crippen molar-refractivity contribution in [2.45, 2.75) is 22.5 Å². The molecule has 3 aromatic heterocycles. The first-order valence-corrected chi connectivity index (χ1v) is 19.0. The summed E-state index contributed by atoms with van der Waals surface area (Å²) >= 11 is 3.10. The van der Waals surface area contributed by atoms with Crippen LogP contribution in [-0.2, 0) is 22.7 Å². The number of aromatic hydroxyl groups is 1. The maximum Gasteiger partial charge on any atom is 0.418 e. The van der Waals surface area contributed by atoms with Gasteiger partial charge in [-0.2, -0.15) is 13.2 Å². The average Bonchev–Trinajstić information content (AvgIpc) is 3.59. The van der Waals surface area contributed by atoms with Crippen LogP contribution < -0.4 is 14.9 Å². The van der Waals surface area contributed by atoms with Crippen LogP contribution >= 0.6 is 23.1 Å². The van der Waals surface area contributed by atoms with Gasteiger partial charge in [0.25, 0.3) is 15.9 Å². The summed E-state index contributed by atoms with van der Waals surface area (Å²) in [4.78, 5) is 22.6. The Morgan fingerprint density at radius 3 is 2.43 bits per heavy atom. The Hall–Kier alpha value is -4.71. The van der Waals surface area contributed by atoms with Crippen molar-refractivity contribution in [3.05, 3.63) is 107 Å². The molecule has 1 aliphatic heterocycles. The lowest BCUT2D eigenvalue weighted by Gasteiger charge is -2.34. The molecule has 4 heterocycles. The van der Waals surface area contributed by atoms with Crippen molar-refractivity contribution in [2.75, 3.05) is 48.7 Å². The molecule has 17 heteroatoms. The first-order valence-electron chi connectivity index (χ1n) is 15.7. The van der Waals surface area contributed by atoms with Gasteiger partial charge in [-0.05, 0) is 65.5 Å². The lowest BCUT2D eigenvalue weighted by molar-refractivity contribution is -0.137. The lowest BCUT2D eigenvalue weighted by Crippen LogP contribution is -2.46. The number of benzene rings is 2. The number of halogens is 3. The standard InChI is InChI=1S/C34H32F3N7O4S3/c35-34(36,37)29-18-28(6-7-30(29)39-10-15-49-26-4-2-1-3-5-26)51(47,48)42-33(46)31-8-9-32(41-40-31)44-13-11-43(12-14-44)21-27-17-24(22-50-27)23-16-25(45)20-38-19-23/h1-9,16-20,22,39,45H,10-15,21H2,(H,42,46). The molecule has 0 bridgehead atoms. The number of rotatable bonds is 12. The molecular weight excluding hydrogens is 724 g/mol. The minimum absolute atomic E-state index is 0.112. The number of nitrogens with one attached hydrogen (secondary N) is 2. The Bertz CT molecular complexity index is 2080. The third-order valence-corrected chi connectivity index (χ3v) is 11.2. The Balaban J connectivity index is 1.02. The zero-order valence-electron chi connectivity index (χ0n) is 26.9. The molecule has 1 fully saturated rings. The van der Waals surface area contributed by atoms with Crippen molar-refractivity contribution in [1.82, 2.24) is 24.8 Å². The van der Waals surface area contributed by atoms with E-state index in [1.54, 1.807) is 34.4 Å². The van der Waals surface area contributed by atoms with Crippen LogP contribution in [0.5, 0.6) is 5.75 Å². The highest BCUT2D eigenvalue weighted by Gasteiger charge is 2.35. The molecule has 266 valence electrons. The van der Waals surface area contributed by atoms with Crippen LogP contribution in [0.3, 0.4) is 0 Å². The normalized spacial score (nSPS) is 14.0. The van der Waals surface area contributed by atoms with Crippen molar-refractivity contribution >= 4 is 50.5 Å². The summed E-state index contributed by atoms with van der Waals surface area (Å²) in [5.41, 5.74) is 0.0927. The molecule has 1 aliphatic rings. The molecule has 51 heavy (non-hydrogen) atoms. The molecule has 1 saturated heterocycles. The number of carbonyl (C=O) groups excluding carboxylic acids is 1. The minimum atomic E-state index is -4.85. The molecule has 2 aromatic carbocycles. The summed E-state index contributed by atoms with van der Waals surface area (Å²) in [5.74, 6) is -0.0280. The predicted octanol–water partition coefficient (Wildman–Crippen LogP) is 5.97. The molecule has 0 aliphatic carbocycles.